The standard InChI is InChI=1S/C14H20N6O3S/c1-9-8-20(24(2,22)23)6-4-10(9)18-14(21)19-12-7-16-13-11(17-12)3-5-15-13/h3,5,7,9-10H,4,6,8H2,1-2H3,(H,15,16)(H2,17,18,19,21). The van der Waals surface area contributed by atoms with Gasteiger partial charge in [0, 0.05) is 25.3 Å². The fourth-order valence-electron chi connectivity index (χ4n) is 2.83. The average Bonchev–Trinajstić information content (AvgIpc) is 2.95. The number of hydrogen-bond donors (Lipinski definition) is 3. The van der Waals surface area contributed by atoms with Gasteiger partial charge in [0.05, 0.1) is 12.5 Å². The topological polar surface area (TPSA) is 120 Å². The molecule has 2 aromatic rings. The number of hydrogen-bond acceptors (Lipinski definition) is 5. The third kappa shape index (κ3) is 3.65. The largest absolute Gasteiger partial charge is 0.345 e. The minimum absolute atomic E-state index is 0.0254. The molecule has 1 saturated heterocycles. The van der Waals surface area contributed by atoms with Crippen LogP contribution in [0.25, 0.3) is 11.2 Å². The summed E-state index contributed by atoms with van der Waals surface area (Å²) in [7, 11) is -3.19. The summed E-state index contributed by atoms with van der Waals surface area (Å²) in [6.45, 7) is 2.73. The van der Waals surface area contributed by atoms with Gasteiger partial charge in [0.1, 0.15) is 5.52 Å². The van der Waals surface area contributed by atoms with E-state index in [0.717, 1.165) is 0 Å². The fraction of sp³-hybridized carbons (Fsp3) is 0.500. The molecule has 0 radical (unpaired) electrons. The molecule has 130 valence electrons. The molecule has 0 spiro atoms. The first-order valence-corrected chi connectivity index (χ1v) is 9.50. The molecule has 0 aromatic carbocycles. The minimum Gasteiger partial charge on any atom is -0.345 e. The van der Waals surface area contributed by atoms with Gasteiger partial charge in [0.2, 0.25) is 10.0 Å². The Labute approximate surface area is 139 Å². The zero-order chi connectivity index (χ0) is 17.3. The predicted octanol–water partition coefficient (Wildman–Crippen LogP) is 0.749. The van der Waals surface area contributed by atoms with Crippen molar-refractivity contribution in [3.63, 3.8) is 0 Å². The number of nitrogens with one attached hydrogen (secondary N) is 3. The molecule has 2 unspecified atom stereocenters. The van der Waals surface area contributed by atoms with Gasteiger partial charge in [-0.25, -0.2) is 27.5 Å². The molecule has 10 heteroatoms. The number of nitrogens with zero attached hydrogens (tertiary/aromatic N) is 3. The van der Waals surface area contributed by atoms with Gasteiger partial charge < -0.3 is 10.3 Å². The number of amides is 2. The van der Waals surface area contributed by atoms with E-state index in [1.165, 1.54) is 16.8 Å². The molecule has 9 nitrogen and oxygen atoms in total. The van der Waals surface area contributed by atoms with Crippen molar-refractivity contribution in [3.8, 4) is 0 Å². The predicted molar refractivity (Wildman–Crippen MR) is 90.0 cm³/mol. The number of urea groups is 1. The van der Waals surface area contributed by atoms with Crippen LogP contribution in [-0.2, 0) is 10.0 Å². The Morgan fingerprint density at radius 1 is 1.46 bits per heavy atom. The van der Waals surface area contributed by atoms with Crippen molar-refractivity contribution in [3.05, 3.63) is 18.5 Å². The van der Waals surface area contributed by atoms with Gasteiger partial charge in [-0.05, 0) is 18.4 Å². The monoisotopic (exact) mass is 352 g/mol. The zero-order valence-corrected chi connectivity index (χ0v) is 14.3. The maximum atomic E-state index is 12.1. The Morgan fingerprint density at radius 3 is 2.96 bits per heavy atom. The summed E-state index contributed by atoms with van der Waals surface area (Å²) >= 11 is 0. The molecule has 0 aliphatic carbocycles. The summed E-state index contributed by atoms with van der Waals surface area (Å²) in [6.07, 6.45) is 4.99. The van der Waals surface area contributed by atoms with Gasteiger partial charge >= 0.3 is 6.03 Å². The number of carbonyl (C=O) groups is 1. The van der Waals surface area contributed by atoms with Crippen molar-refractivity contribution in [1.82, 2.24) is 24.6 Å². The lowest BCUT2D eigenvalue weighted by molar-refractivity contribution is 0.211. The van der Waals surface area contributed by atoms with Crippen LogP contribution in [-0.4, -0.2) is 59.1 Å². The van der Waals surface area contributed by atoms with Gasteiger partial charge in [-0.15, -0.1) is 0 Å². The number of rotatable bonds is 3. The Kier molecular flexibility index (Phi) is 4.41. The van der Waals surface area contributed by atoms with E-state index in [1.54, 1.807) is 12.3 Å². The van der Waals surface area contributed by atoms with E-state index in [4.69, 9.17) is 0 Å². The summed E-state index contributed by atoms with van der Waals surface area (Å²) in [5.41, 5.74) is 1.32. The molecule has 1 fully saturated rings. The van der Waals surface area contributed by atoms with Crippen molar-refractivity contribution in [2.75, 3.05) is 24.7 Å². The highest BCUT2D eigenvalue weighted by Crippen LogP contribution is 2.19. The quantitative estimate of drug-likeness (QED) is 0.753. The Bertz CT molecular complexity index is 849. The van der Waals surface area contributed by atoms with Crippen LogP contribution in [0.15, 0.2) is 18.5 Å². The molecular formula is C14H20N6O3S. The van der Waals surface area contributed by atoms with Gasteiger partial charge in [0.15, 0.2) is 11.5 Å². The van der Waals surface area contributed by atoms with Crippen molar-refractivity contribution < 1.29 is 13.2 Å². The van der Waals surface area contributed by atoms with Crippen LogP contribution >= 0.6 is 0 Å². The van der Waals surface area contributed by atoms with E-state index < -0.39 is 10.0 Å². The van der Waals surface area contributed by atoms with Crippen molar-refractivity contribution in [2.45, 2.75) is 19.4 Å². The summed E-state index contributed by atoms with van der Waals surface area (Å²) < 4.78 is 24.6. The lowest BCUT2D eigenvalue weighted by Crippen LogP contribution is -2.52. The van der Waals surface area contributed by atoms with E-state index in [0.29, 0.717) is 36.5 Å². The minimum atomic E-state index is -3.19. The van der Waals surface area contributed by atoms with Crippen LogP contribution < -0.4 is 10.6 Å². The van der Waals surface area contributed by atoms with Crippen molar-refractivity contribution in [2.24, 2.45) is 5.92 Å². The number of carbonyl (C=O) groups excluding carboxylic acids is 1. The number of H-pyrrole nitrogens is 1. The molecule has 2 amide bonds. The molecular weight excluding hydrogens is 332 g/mol. The second-order valence-corrected chi connectivity index (χ2v) is 8.04. The van der Waals surface area contributed by atoms with Gasteiger partial charge in [0.25, 0.3) is 0 Å². The Hall–Kier alpha value is -2.20. The zero-order valence-electron chi connectivity index (χ0n) is 13.5. The van der Waals surface area contributed by atoms with Crippen molar-refractivity contribution in [1.29, 1.82) is 0 Å². The number of fused-ring (bicyclic) bond motifs is 1. The second-order valence-electron chi connectivity index (χ2n) is 6.06. The van der Waals surface area contributed by atoms with Crippen LogP contribution in [0.2, 0.25) is 0 Å². The highest BCUT2D eigenvalue weighted by atomic mass is 32.2. The SMILES string of the molecule is CC1CN(S(C)(=O)=O)CCC1NC(=O)Nc1cnc2[nH]ccc2n1. The van der Waals surface area contributed by atoms with E-state index in [-0.39, 0.29) is 18.0 Å². The smallest absolute Gasteiger partial charge is 0.320 e. The molecule has 2 atom stereocenters. The summed E-state index contributed by atoms with van der Waals surface area (Å²) in [4.78, 5) is 23.5. The van der Waals surface area contributed by atoms with Crippen LogP contribution in [0.1, 0.15) is 13.3 Å². The Morgan fingerprint density at radius 2 is 2.25 bits per heavy atom. The number of aromatic nitrogens is 3. The molecule has 1 aliphatic rings. The summed E-state index contributed by atoms with van der Waals surface area (Å²) in [5, 5.41) is 5.55. The molecule has 0 bridgehead atoms. The second kappa shape index (κ2) is 6.36. The first kappa shape index (κ1) is 16.7. The normalized spacial score (nSPS) is 22.4. The Balaban J connectivity index is 1.58. The first-order valence-electron chi connectivity index (χ1n) is 7.65. The fourth-order valence-corrected chi connectivity index (χ4v) is 3.78. The molecule has 3 N–H and O–H groups in total. The maximum absolute atomic E-state index is 12.1. The maximum Gasteiger partial charge on any atom is 0.320 e. The molecule has 3 heterocycles. The van der Waals surface area contributed by atoms with Gasteiger partial charge in [-0.1, -0.05) is 6.92 Å². The van der Waals surface area contributed by atoms with Crippen LogP contribution in [0.5, 0.6) is 0 Å². The van der Waals surface area contributed by atoms with Crippen LogP contribution in [0.4, 0.5) is 10.6 Å². The average molecular weight is 352 g/mol. The number of aromatic amines is 1. The molecule has 3 rings (SSSR count). The van der Waals surface area contributed by atoms with Crippen LogP contribution in [0, 0.1) is 5.92 Å². The highest BCUT2D eigenvalue weighted by Gasteiger charge is 2.31. The molecule has 1 aliphatic heterocycles. The lowest BCUT2D eigenvalue weighted by Gasteiger charge is -2.35. The third-order valence-corrected chi connectivity index (χ3v) is 5.43. The van der Waals surface area contributed by atoms with Crippen molar-refractivity contribution >= 4 is 33.0 Å². The summed E-state index contributed by atoms with van der Waals surface area (Å²) in [5.74, 6) is 0.387. The number of piperidine rings is 1. The van der Waals surface area contributed by atoms with E-state index in [9.17, 15) is 13.2 Å². The van der Waals surface area contributed by atoms with E-state index in [1.807, 2.05) is 6.92 Å². The lowest BCUT2D eigenvalue weighted by atomic mass is 9.95. The molecule has 24 heavy (non-hydrogen) atoms. The van der Waals surface area contributed by atoms with E-state index in [2.05, 4.69) is 25.6 Å². The van der Waals surface area contributed by atoms with Gasteiger partial charge in [-0.2, -0.15) is 0 Å². The third-order valence-electron chi connectivity index (χ3n) is 4.16. The summed E-state index contributed by atoms with van der Waals surface area (Å²) in [6, 6.07) is 1.31. The molecule has 2 aromatic heterocycles. The highest BCUT2D eigenvalue weighted by molar-refractivity contribution is 7.88. The van der Waals surface area contributed by atoms with Gasteiger partial charge in [-0.3, -0.25) is 5.32 Å². The molecule has 0 saturated carbocycles. The number of anilines is 1. The number of sulfonamides is 1. The van der Waals surface area contributed by atoms with Crippen LogP contribution in [0.3, 0.4) is 0 Å². The van der Waals surface area contributed by atoms with E-state index >= 15 is 0 Å². The first-order chi connectivity index (χ1) is 11.3.